The van der Waals surface area contributed by atoms with Gasteiger partial charge >= 0.3 is 5.97 Å². The fraction of sp³-hybridized carbons (Fsp3) is 0.650. The van der Waals surface area contributed by atoms with E-state index in [0.717, 1.165) is 12.8 Å². The highest BCUT2D eigenvalue weighted by atomic mass is 16.4. The van der Waals surface area contributed by atoms with Crippen molar-refractivity contribution in [2.45, 2.75) is 83.7 Å². The summed E-state index contributed by atoms with van der Waals surface area (Å²) in [6, 6.07) is 0. The summed E-state index contributed by atoms with van der Waals surface area (Å²) >= 11 is 0. The average Bonchev–Trinajstić information content (AvgIpc) is 2.52. The largest absolute Gasteiger partial charge is 0.481 e. The Hall–Kier alpha value is -1.35. The predicted octanol–water partition coefficient (Wildman–Crippen LogP) is 5.41. The highest BCUT2D eigenvalue weighted by Crippen LogP contribution is 2.07. The minimum absolute atomic E-state index is 0.208. The number of aliphatic hydroxyl groups excluding tert-OH is 1. The van der Waals surface area contributed by atoms with Gasteiger partial charge in [-0.25, -0.2) is 0 Å². The van der Waals surface area contributed by atoms with Crippen LogP contribution in [0.4, 0.5) is 0 Å². The molecule has 0 amide bonds. The third kappa shape index (κ3) is 18.6. The van der Waals surface area contributed by atoms with Gasteiger partial charge in [0.15, 0.2) is 0 Å². The Labute approximate surface area is 141 Å². The summed E-state index contributed by atoms with van der Waals surface area (Å²) < 4.78 is 0. The van der Waals surface area contributed by atoms with Crippen molar-refractivity contribution in [1.82, 2.24) is 0 Å². The normalized spacial score (nSPS) is 13.5. The molecule has 0 aromatic rings. The van der Waals surface area contributed by atoms with Crippen molar-refractivity contribution < 1.29 is 15.0 Å². The summed E-state index contributed by atoms with van der Waals surface area (Å²) in [7, 11) is 0. The maximum atomic E-state index is 10.3. The van der Waals surface area contributed by atoms with Gasteiger partial charge in [0.1, 0.15) is 0 Å². The van der Waals surface area contributed by atoms with Crippen LogP contribution in [0.5, 0.6) is 0 Å². The lowest BCUT2D eigenvalue weighted by molar-refractivity contribution is -0.137. The molecule has 0 aromatic carbocycles. The SMILES string of the molecule is CCCCCCCCC=CCC(O)C=CC=CCCCC(=O)O. The molecule has 0 aliphatic carbocycles. The Morgan fingerprint density at radius 2 is 1.61 bits per heavy atom. The number of carboxylic acids is 1. The van der Waals surface area contributed by atoms with E-state index in [1.165, 1.54) is 38.5 Å². The van der Waals surface area contributed by atoms with E-state index in [9.17, 15) is 9.90 Å². The summed E-state index contributed by atoms with van der Waals surface area (Å²) in [5, 5.41) is 18.3. The van der Waals surface area contributed by atoms with Crippen molar-refractivity contribution in [3.05, 3.63) is 36.5 Å². The molecule has 0 rings (SSSR count). The van der Waals surface area contributed by atoms with Crippen molar-refractivity contribution in [2.75, 3.05) is 0 Å². The maximum absolute atomic E-state index is 10.3. The summed E-state index contributed by atoms with van der Waals surface area (Å²) in [5.74, 6) is -0.753. The van der Waals surface area contributed by atoms with Gasteiger partial charge in [-0.15, -0.1) is 0 Å². The first-order valence-electron chi connectivity index (χ1n) is 9.05. The predicted molar refractivity (Wildman–Crippen MR) is 97.5 cm³/mol. The van der Waals surface area contributed by atoms with Crippen molar-refractivity contribution in [3.63, 3.8) is 0 Å². The second-order valence-electron chi connectivity index (χ2n) is 5.93. The standard InChI is InChI=1S/C20H34O3/c1-2-3-4-5-6-7-8-10-13-16-19(21)17-14-11-9-12-15-18-20(22)23/h9-11,13-14,17,19,21H,2-8,12,15-16,18H2,1H3,(H,22,23). The molecule has 0 heterocycles. The monoisotopic (exact) mass is 322 g/mol. The molecule has 0 spiro atoms. The van der Waals surface area contributed by atoms with Gasteiger partial charge in [0.2, 0.25) is 0 Å². The zero-order valence-corrected chi connectivity index (χ0v) is 14.6. The van der Waals surface area contributed by atoms with Gasteiger partial charge in [-0.05, 0) is 32.1 Å². The quantitative estimate of drug-likeness (QED) is 0.241. The molecule has 2 N–H and O–H groups in total. The molecular formula is C20H34O3. The van der Waals surface area contributed by atoms with Crippen molar-refractivity contribution in [2.24, 2.45) is 0 Å². The lowest BCUT2D eigenvalue weighted by Gasteiger charge is -2.00. The van der Waals surface area contributed by atoms with E-state index in [-0.39, 0.29) is 6.42 Å². The van der Waals surface area contributed by atoms with Crippen LogP contribution in [0.25, 0.3) is 0 Å². The molecule has 132 valence electrons. The van der Waals surface area contributed by atoms with Crippen LogP contribution in [0.2, 0.25) is 0 Å². The van der Waals surface area contributed by atoms with E-state index < -0.39 is 12.1 Å². The molecular weight excluding hydrogens is 288 g/mol. The molecule has 23 heavy (non-hydrogen) atoms. The number of rotatable bonds is 15. The van der Waals surface area contributed by atoms with Gasteiger partial charge in [0.25, 0.3) is 0 Å². The highest BCUT2D eigenvalue weighted by Gasteiger charge is 1.94. The van der Waals surface area contributed by atoms with Crippen LogP contribution in [-0.4, -0.2) is 22.3 Å². The van der Waals surface area contributed by atoms with Gasteiger partial charge in [-0.3, -0.25) is 4.79 Å². The molecule has 0 radical (unpaired) electrons. The van der Waals surface area contributed by atoms with Crippen LogP contribution in [0, 0.1) is 0 Å². The van der Waals surface area contributed by atoms with E-state index in [0.29, 0.717) is 12.8 Å². The Morgan fingerprint density at radius 3 is 2.35 bits per heavy atom. The number of unbranched alkanes of at least 4 members (excludes halogenated alkanes) is 7. The molecule has 0 aromatic heterocycles. The molecule has 0 aliphatic heterocycles. The molecule has 3 heteroatoms. The summed E-state index contributed by atoms with van der Waals surface area (Å²) in [5.41, 5.74) is 0. The third-order valence-corrected chi connectivity index (χ3v) is 3.61. The lowest BCUT2D eigenvalue weighted by atomic mass is 10.1. The van der Waals surface area contributed by atoms with Crippen LogP contribution >= 0.6 is 0 Å². The van der Waals surface area contributed by atoms with E-state index in [4.69, 9.17) is 5.11 Å². The van der Waals surface area contributed by atoms with Crippen LogP contribution in [-0.2, 0) is 4.79 Å². The average molecular weight is 322 g/mol. The van der Waals surface area contributed by atoms with Gasteiger partial charge in [0.05, 0.1) is 6.10 Å². The van der Waals surface area contributed by atoms with Crippen LogP contribution in [0.3, 0.4) is 0 Å². The number of allylic oxidation sites excluding steroid dienone is 4. The Balaban J connectivity index is 3.52. The van der Waals surface area contributed by atoms with Gasteiger partial charge in [0, 0.05) is 6.42 Å². The lowest BCUT2D eigenvalue weighted by Crippen LogP contribution is -1.98. The number of hydrogen-bond acceptors (Lipinski definition) is 2. The van der Waals surface area contributed by atoms with E-state index in [1.807, 2.05) is 18.2 Å². The van der Waals surface area contributed by atoms with Gasteiger partial charge < -0.3 is 10.2 Å². The van der Waals surface area contributed by atoms with Crippen molar-refractivity contribution in [3.8, 4) is 0 Å². The molecule has 1 unspecified atom stereocenters. The summed E-state index contributed by atoms with van der Waals surface area (Å²) in [6.07, 6.45) is 22.4. The van der Waals surface area contributed by atoms with Crippen LogP contribution in [0.1, 0.15) is 77.6 Å². The van der Waals surface area contributed by atoms with E-state index in [2.05, 4.69) is 19.1 Å². The first kappa shape index (κ1) is 21.6. The first-order valence-corrected chi connectivity index (χ1v) is 9.05. The zero-order valence-electron chi connectivity index (χ0n) is 14.6. The minimum atomic E-state index is -0.753. The van der Waals surface area contributed by atoms with Gasteiger partial charge in [-0.1, -0.05) is 75.5 Å². The maximum Gasteiger partial charge on any atom is 0.303 e. The highest BCUT2D eigenvalue weighted by molar-refractivity contribution is 5.66. The topological polar surface area (TPSA) is 57.5 Å². The number of aliphatic carboxylic acids is 1. The molecule has 0 saturated carbocycles. The summed E-state index contributed by atoms with van der Waals surface area (Å²) in [4.78, 5) is 10.3. The van der Waals surface area contributed by atoms with E-state index >= 15 is 0 Å². The number of aliphatic hydroxyl groups is 1. The second-order valence-corrected chi connectivity index (χ2v) is 5.93. The fourth-order valence-electron chi connectivity index (χ4n) is 2.21. The van der Waals surface area contributed by atoms with Crippen molar-refractivity contribution in [1.29, 1.82) is 0 Å². The second kappa shape index (κ2) is 17.0. The molecule has 0 bridgehead atoms. The van der Waals surface area contributed by atoms with Crippen molar-refractivity contribution >= 4 is 5.97 Å². The third-order valence-electron chi connectivity index (χ3n) is 3.61. The Morgan fingerprint density at radius 1 is 0.913 bits per heavy atom. The number of carbonyl (C=O) groups is 1. The first-order chi connectivity index (χ1) is 11.2. The summed E-state index contributed by atoms with van der Waals surface area (Å²) in [6.45, 7) is 2.23. The minimum Gasteiger partial charge on any atom is -0.481 e. The number of hydrogen-bond donors (Lipinski definition) is 2. The Kier molecular flexibility index (Phi) is 16.0. The Bertz CT molecular complexity index is 356. The smallest absolute Gasteiger partial charge is 0.303 e. The van der Waals surface area contributed by atoms with Crippen LogP contribution < -0.4 is 0 Å². The number of carboxylic acid groups (broad SMARTS) is 1. The molecule has 1 atom stereocenters. The van der Waals surface area contributed by atoms with Crippen LogP contribution in [0.15, 0.2) is 36.5 Å². The van der Waals surface area contributed by atoms with E-state index in [1.54, 1.807) is 6.08 Å². The molecule has 0 saturated heterocycles. The molecule has 3 nitrogen and oxygen atoms in total. The zero-order chi connectivity index (χ0) is 17.2. The van der Waals surface area contributed by atoms with Gasteiger partial charge in [-0.2, -0.15) is 0 Å². The molecule has 0 fully saturated rings. The fourth-order valence-corrected chi connectivity index (χ4v) is 2.21. The molecule has 0 aliphatic rings.